The average Bonchev–Trinajstić information content (AvgIpc) is 2.75. The number of benzene rings is 3. The van der Waals surface area contributed by atoms with Gasteiger partial charge in [-0.1, -0.05) is 30.3 Å². The van der Waals surface area contributed by atoms with Crippen LogP contribution in [0, 0.1) is 0 Å². The molecular weight excluding hydrogens is 386 g/mol. The first-order valence-corrected chi connectivity index (χ1v) is 9.48. The number of carbonyl (C=O) groups is 1. The number of hydrogen-bond donors (Lipinski definition) is 2. The second-order valence-corrected chi connectivity index (χ2v) is 6.45. The number of thiocarbonyl (C=S) groups is 1. The molecule has 0 saturated carbocycles. The number of methoxy groups -OCH3 is 1. The molecule has 7 heteroatoms. The van der Waals surface area contributed by atoms with Crippen LogP contribution in [0.1, 0.15) is 22.8 Å². The van der Waals surface area contributed by atoms with Crippen molar-refractivity contribution in [3.8, 4) is 11.5 Å². The lowest BCUT2D eigenvalue weighted by atomic mass is 10.0. The van der Waals surface area contributed by atoms with E-state index in [1.54, 1.807) is 43.7 Å². The molecule has 6 nitrogen and oxygen atoms in total. The number of nitrogens with zero attached hydrogens (tertiary/aromatic N) is 1. The van der Waals surface area contributed by atoms with Crippen LogP contribution in [0.3, 0.4) is 0 Å². The fourth-order valence-electron chi connectivity index (χ4n) is 2.74. The highest BCUT2D eigenvalue weighted by Gasteiger charge is 2.13. The van der Waals surface area contributed by atoms with Crippen molar-refractivity contribution in [2.24, 2.45) is 5.10 Å². The molecule has 2 N–H and O–H groups in total. The van der Waals surface area contributed by atoms with Crippen LogP contribution in [-0.2, 0) is 0 Å². The van der Waals surface area contributed by atoms with Gasteiger partial charge in [-0.05, 0) is 60.2 Å². The number of hydrogen-bond acceptors (Lipinski definition) is 5. The summed E-state index contributed by atoms with van der Waals surface area (Å²) in [7, 11) is 1.57. The first-order chi connectivity index (χ1) is 14.1. The van der Waals surface area contributed by atoms with Crippen molar-refractivity contribution in [2.75, 3.05) is 13.7 Å². The van der Waals surface area contributed by atoms with E-state index in [1.807, 2.05) is 37.3 Å². The Bertz CT molecular complexity index is 1050. The predicted octanol–water partition coefficient (Wildman–Crippen LogP) is 3.89. The van der Waals surface area contributed by atoms with Crippen LogP contribution in [0.25, 0.3) is 10.8 Å². The smallest absolute Gasteiger partial charge is 0.343 e. The minimum atomic E-state index is -0.464. The fourth-order valence-corrected chi connectivity index (χ4v) is 2.94. The van der Waals surface area contributed by atoms with Crippen LogP contribution in [-0.4, -0.2) is 31.0 Å². The summed E-state index contributed by atoms with van der Waals surface area (Å²) in [5.74, 6) is 0.612. The molecule has 0 aliphatic carbocycles. The molecule has 0 heterocycles. The van der Waals surface area contributed by atoms with E-state index in [9.17, 15) is 4.79 Å². The standard InChI is InChI=1S/C22H21N3O3S/c1-3-23-22(29)25-24-14-19-18-7-5-4-6-15(18)10-13-20(19)28-21(26)16-8-11-17(27-2)12-9-16/h4-14H,3H2,1-2H3,(H2,23,25,29)/b24-14+. The minimum Gasteiger partial charge on any atom is -0.497 e. The summed E-state index contributed by atoms with van der Waals surface area (Å²) >= 11 is 5.12. The highest BCUT2D eigenvalue weighted by Crippen LogP contribution is 2.27. The van der Waals surface area contributed by atoms with Gasteiger partial charge in [-0.2, -0.15) is 5.10 Å². The van der Waals surface area contributed by atoms with Crippen LogP contribution in [0.4, 0.5) is 0 Å². The molecule has 148 valence electrons. The van der Waals surface area contributed by atoms with Crippen LogP contribution in [0.2, 0.25) is 0 Å². The van der Waals surface area contributed by atoms with E-state index in [2.05, 4.69) is 15.8 Å². The summed E-state index contributed by atoms with van der Waals surface area (Å²) in [6.45, 7) is 2.64. The van der Waals surface area contributed by atoms with Crippen molar-refractivity contribution in [3.63, 3.8) is 0 Å². The van der Waals surface area contributed by atoms with E-state index in [1.165, 1.54) is 0 Å². The molecule has 0 aromatic heterocycles. The molecule has 0 radical (unpaired) electrons. The Hall–Kier alpha value is -3.45. The molecule has 3 aromatic carbocycles. The Morgan fingerprint density at radius 2 is 1.86 bits per heavy atom. The Balaban J connectivity index is 1.90. The van der Waals surface area contributed by atoms with Crippen molar-refractivity contribution < 1.29 is 14.3 Å². The molecule has 0 aliphatic rings. The van der Waals surface area contributed by atoms with Crippen LogP contribution < -0.4 is 20.2 Å². The number of hydrazone groups is 1. The van der Waals surface area contributed by atoms with Crippen LogP contribution >= 0.6 is 12.2 Å². The molecule has 0 spiro atoms. The zero-order valence-corrected chi connectivity index (χ0v) is 17.0. The fraction of sp³-hybridized carbons (Fsp3) is 0.136. The molecule has 0 aliphatic heterocycles. The monoisotopic (exact) mass is 407 g/mol. The topological polar surface area (TPSA) is 72.0 Å². The van der Waals surface area contributed by atoms with Gasteiger partial charge in [0.05, 0.1) is 18.9 Å². The van der Waals surface area contributed by atoms with Gasteiger partial charge < -0.3 is 14.8 Å². The van der Waals surface area contributed by atoms with Gasteiger partial charge in [-0.3, -0.25) is 5.43 Å². The number of fused-ring (bicyclic) bond motifs is 1. The highest BCUT2D eigenvalue weighted by atomic mass is 32.1. The summed E-state index contributed by atoms with van der Waals surface area (Å²) < 4.78 is 10.8. The number of rotatable bonds is 6. The lowest BCUT2D eigenvalue weighted by Crippen LogP contribution is -2.31. The molecule has 0 bridgehead atoms. The van der Waals surface area contributed by atoms with E-state index in [4.69, 9.17) is 21.7 Å². The second kappa shape index (κ2) is 9.66. The van der Waals surface area contributed by atoms with Crippen LogP contribution in [0.15, 0.2) is 65.8 Å². The molecule has 0 fully saturated rings. The van der Waals surface area contributed by atoms with E-state index >= 15 is 0 Å². The number of nitrogens with one attached hydrogen (secondary N) is 2. The SMILES string of the molecule is CCNC(=S)N/N=C/c1c(OC(=O)c2ccc(OC)cc2)ccc2ccccc12. The van der Waals surface area contributed by atoms with Gasteiger partial charge in [0.1, 0.15) is 11.5 Å². The molecule has 0 atom stereocenters. The maximum absolute atomic E-state index is 12.6. The van der Waals surface area contributed by atoms with Gasteiger partial charge >= 0.3 is 5.97 Å². The third kappa shape index (κ3) is 5.08. The predicted molar refractivity (Wildman–Crippen MR) is 119 cm³/mol. The molecule has 3 aromatic rings. The Morgan fingerprint density at radius 1 is 1.10 bits per heavy atom. The van der Waals surface area contributed by atoms with E-state index in [0.29, 0.717) is 34.3 Å². The third-order valence-corrected chi connectivity index (χ3v) is 4.39. The normalized spacial score (nSPS) is 10.7. The summed E-state index contributed by atoms with van der Waals surface area (Å²) in [6, 6.07) is 18.2. The number of carbonyl (C=O) groups excluding carboxylic acids is 1. The van der Waals surface area contributed by atoms with E-state index < -0.39 is 5.97 Å². The number of esters is 1. The molecule has 0 unspecified atom stereocenters. The van der Waals surface area contributed by atoms with Gasteiger partial charge in [-0.25, -0.2) is 4.79 Å². The summed E-state index contributed by atoms with van der Waals surface area (Å²) in [6.07, 6.45) is 1.60. The molecule has 3 rings (SSSR count). The Kier molecular flexibility index (Phi) is 6.76. The molecule has 29 heavy (non-hydrogen) atoms. The van der Waals surface area contributed by atoms with Crippen molar-refractivity contribution in [1.29, 1.82) is 0 Å². The Labute approximate surface area is 174 Å². The zero-order valence-electron chi connectivity index (χ0n) is 16.1. The maximum atomic E-state index is 12.6. The van der Waals surface area contributed by atoms with Crippen molar-refractivity contribution in [3.05, 3.63) is 71.8 Å². The van der Waals surface area contributed by atoms with Crippen molar-refractivity contribution >= 4 is 40.3 Å². The van der Waals surface area contributed by atoms with Gasteiger partial charge in [0.15, 0.2) is 5.11 Å². The molecular formula is C22H21N3O3S. The maximum Gasteiger partial charge on any atom is 0.343 e. The van der Waals surface area contributed by atoms with Gasteiger partial charge in [-0.15, -0.1) is 0 Å². The largest absolute Gasteiger partial charge is 0.497 e. The zero-order chi connectivity index (χ0) is 20.6. The van der Waals surface area contributed by atoms with Crippen molar-refractivity contribution in [1.82, 2.24) is 10.7 Å². The first-order valence-electron chi connectivity index (χ1n) is 9.07. The third-order valence-electron chi connectivity index (χ3n) is 4.16. The van der Waals surface area contributed by atoms with E-state index in [0.717, 1.165) is 10.8 Å². The summed E-state index contributed by atoms with van der Waals surface area (Å²) in [5, 5.41) is 9.48. The average molecular weight is 407 g/mol. The van der Waals surface area contributed by atoms with Gasteiger partial charge in [0.2, 0.25) is 0 Å². The quantitative estimate of drug-likeness (QED) is 0.212. The molecule has 0 saturated heterocycles. The summed E-state index contributed by atoms with van der Waals surface area (Å²) in [5.41, 5.74) is 3.86. The second-order valence-electron chi connectivity index (χ2n) is 6.05. The summed E-state index contributed by atoms with van der Waals surface area (Å²) in [4.78, 5) is 12.6. The lowest BCUT2D eigenvalue weighted by Gasteiger charge is -2.11. The van der Waals surface area contributed by atoms with Gasteiger partial charge in [0, 0.05) is 12.1 Å². The highest BCUT2D eigenvalue weighted by molar-refractivity contribution is 7.80. The Morgan fingerprint density at radius 3 is 2.59 bits per heavy atom. The number of ether oxygens (including phenoxy) is 2. The molecule has 0 amide bonds. The first kappa shape index (κ1) is 20.3. The minimum absolute atomic E-state index is 0.407. The van der Waals surface area contributed by atoms with Gasteiger partial charge in [0.25, 0.3) is 0 Å². The van der Waals surface area contributed by atoms with E-state index in [-0.39, 0.29) is 0 Å². The van der Waals surface area contributed by atoms with Crippen molar-refractivity contribution in [2.45, 2.75) is 6.92 Å². The van der Waals surface area contributed by atoms with Crippen LogP contribution in [0.5, 0.6) is 11.5 Å². The lowest BCUT2D eigenvalue weighted by molar-refractivity contribution is 0.0734.